The number of allylic oxidation sites excluding steroid dienone is 1. The predicted octanol–water partition coefficient (Wildman–Crippen LogP) is 3.69. The maximum absolute atomic E-state index is 9.25. The number of phenolic OH excluding ortho intramolecular Hbond substituents is 1. The van der Waals surface area contributed by atoms with E-state index in [4.69, 9.17) is 27.5 Å². The van der Waals surface area contributed by atoms with Crippen LogP contribution in [0.4, 0.5) is 0 Å². The lowest BCUT2D eigenvalue weighted by atomic mass is 10.1. The van der Waals surface area contributed by atoms with Crippen molar-refractivity contribution in [3.8, 4) is 71.7 Å². The number of phenols is 1. The van der Waals surface area contributed by atoms with Crippen LogP contribution >= 0.6 is 0 Å². The van der Waals surface area contributed by atoms with Crippen LogP contribution in [0.25, 0.3) is 0 Å². The van der Waals surface area contributed by atoms with Crippen molar-refractivity contribution in [3.05, 3.63) is 46.3 Å². The van der Waals surface area contributed by atoms with Gasteiger partial charge >= 0.3 is 0 Å². The first kappa shape index (κ1) is 22.2. The van der Waals surface area contributed by atoms with Gasteiger partial charge in [0.15, 0.2) is 11.5 Å². The SMILES string of the molecule is C#CC#CC#CC#CC#C.C=CCc1ccc(O)c(OC)c1.O=O.[HH].[HH].[HH].[HH].[HH]. The molecule has 0 aliphatic rings. The monoisotopic (exact) mass is 328 g/mol. The van der Waals surface area contributed by atoms with E-state index in [2.05, 4.69) is 53.9 Å². The van der Waals surface area contributed by atoms with Gasteiger partial charge in [-0.15, -0.1) is 19.4 Å². The zero-order chi connectivity index (χ0) is 18.6. The lowest BCUT2D eigenvalue weighted by Crippen LogP contribution is -1.86. The number of aromatic hydroxyl groups is 1. The Labute approximate surface area is 149 Å². The summed E-state index contributed by atoms with van der Waals surface area (Å²) in [7, 11) is 1.53. The minimum absolute atomic E-state index is 0. The summed E-state index contributed by atoms with van der Waals surface area (Å²) in [6.07, 6.45) is 12.2. The molecule has 0 unspecified atom stereocenters. The van der Waals surface area contributed by atoms with Crippen LogP contribution in [0, 0.1) is 70.1 Å². The van der Waals surface area contributed by atoms with Crippen LogP contribution < -0.4 is 4.74 Å². The molecular formula is C20H24O4. The van der Waals surface area contributed by atoms with Crippen molar-refractivity contribution in [1.29, 1.82) is 0 Å². The van der Waals surface area contributed by atoms with E-state index in [0.29, 0.717) is 5.75 Å². The molecule has 0 radical (unpaired) electrons. The standard InChI is InChI=1S/C10H12O2.C10H2.O2.5H2/c1-3-4-8-5-6-9(11)10(7-8)12-2;1-3-5-7-9-10-8-6-4-2;1-2;;;;;/h3,5-7,11H,1,4H2,2H3;1-2H;;5*1H. The fraction of sp³-hybridized carbons (Fsp3) is 0.100. The molecule has 128 valence electrons. The molecule has 24 heavy (non-hydrogen) atoms. The Balaban J connectivity index is -0.0000000535. The molecule has 0 aliphatic carbocycles. The Morgan fingerprint density at radius 1 is 1.12 bits per heavy atom. The predicted molar refractivity (Wildman–Crippen MR) is 107 cm³/mol. The fourth-order valence-electron chi connectivity index (χ4n) is 1.21. The fourth-order valence-corrected chi connectivity index (χ4v) is 1.21. The number of rotatable bonds is 3. The van der Waals surface area contributed by atoms with Gasteiger partial charge in [0.1, 0.15) is 0 Å². The molecule has 1 aromatic carbocycles. The van der Waals surface area contributed by atoms with Gasteiger partial charge < -0.3 is 9.84 Å². The van der Waals surface area contributed by atoms with Crippen molar-refractivity contribution in [2.24, 2.45) is 0 Å². The molecule has 0 aromatic heterocycles. The average molecular weight is 328 g/mol. The van der Waals surface area contributed by atoms with Gasteiger partial charge in [0.2, 0.25) is 0 Å². The van der Waals surface area contributed by atoms with Crippen molar-refractivity contribution in [1.82, 2.24) is 0 Å². The van der Waals surface area contributed by atoms with Crippen molar-refractivity contribution in [2.45, 2.75) is 6.42 Å². The third-order valence-electron chi connectivity index (χ3n) is 2.08. The van der Waals surface area contributed by atoms with E-state index in [0.717, 1.165) is 12.0 Å². The quantitative estimate of drug-likeness (QED) is 0.679. The van der Waals surface area contributed by atoms with Crippen molar-refractivity contribution in [2.75, 3.05) is 7.11 Å². The molecule has 0 aliphatic heterocycles. The Morgan fingerprint density at radius 2 is 1.62 bits per heavy atom. The number of benzene rings is 1. The summed E-state index contributed by atoms with van der Waals surface area (Å²) in [5.74, 6) is 19.1. The second kappa shape index (κ2) is 17.0. The molecule has 0 atom stereocenters. The highest BCUT2D eigenvalue weighted by atomic mass is 16.7. The molecule has 1 aromatic rings. The minimum atomic E-state index is 0. The second-order valence-corrected chi connectivity index (χ2v) is 3.54. The van der Waals surface area contributed by atoms with Gasteiger partial charge in [0.25, 0.3) is 0 Å². The molecule has 0 amide bonds. The van der Waals surface area contributed by atoms with Crippen LogP contribution in [-0.4, -0.2) is 12.2 Å². The third-order valence-corrected chi connectivity index (χ3v) is 2.08. The maximum Gasteiger partial charge on any atom is 0.160 e. The summed E-state index contributed by atoms with van der Waals surface area (Å²) in [6, 6.07) is 5.27. The number of hydrogen-bond acceptors (Lipinski definition) is 4. The second-order valence-electron chi connectivity index (χ2n) is 3.54. The summed E-state index contributed by atoms with van der Waals surface area (Å²) in [5.41, 5.74) is 1.08. The summed E-state index contributed by atoms with van der Waals surface area (Å²) < 4.78 is 4.95. The molecule has 4 nitrogen and oxygen atoms in total. The van der Waals surface area contributed by atoms with Gasteiger partial charge in [-0.2, -0.15) is 0 Å². The molecule has 0 bridgehead atoms. The molecule has 0 saturated carbocycles. The van der Waals surface area contributed by atoms with Crippen LogP contribution in [0.1, 0.15) is 12.7 Å². The van der Waals surface area contributed by atoms with Gasteiger partial charge in [-0.3, -0.25) is 0 Å². The molecule has 4 heteroatoms. The van der Waals surface area contributed by atoms with Crippen LogP contribution in [0.3, 0.4) is 0 Å². The maximum atomic E-state index is 9.25. The lowest BCUT2D eigenvalue weighted by Gasteiger charge is -2.04. The zero-order valence-electron chi connectivity index (χ0n) is 13.1. The first-order chi connectivity index (χ1) is 11.7. The van der Waals surface area contributed by atoms with E-state index in [1.54, 1.807) is 12.1 Å². The van der Waals surface area contributed by atoms with E-state index in [9.17, 15) is 5.11 Å². The number of terminal acetylenes is 2. The van der Waals surface area contributed by atoms with Crippen LogP contribution in [0.15, 0.2) is 30.9 Å². The summed E-state index contributed by atoms with van der Waals surface area (Å²) in [6.45, 7) is 3.63. The van der Waals surface area contributed by atoms with Crippen LogP contribution in [0.5, 0.6) is 11.5 Å². The molecule has 1 rings (SSSR count). The highest BCUT2D eigenvalue weighted by molar-refractivity contribution is 5.42. The lowest BCUT2D eigenvalue weighted by molar-refractivity contribution is 0.373. The van der Waals surface area contributed by atoms with Crippen molar-refractivity contribution >= 4 is 0 Å². The summed E-state index contributed by atoms with van der Waals surface area (Å²) >= 11 is 0. The van der Waals surface area contributed by atoms with E-state index in [1.165, 1.54) is 7.11 Å². The third kappa shape index (κ3) is 11.8. The number of hydrogen-bond donors (Lipinski definition) is 1. The van der Waals surface area contributed by atoms with Gasteiger partial charge in [0, 0.05) is 17.1 Å². The summed E-state index contributed by atoms with van der Waals surface area (Å²) in [5, 5.41) is 9.25. The van der Waals surface area contributed by atoms with E-state index in [1.807, 2.05) is 12.1 Å². The molecule has 0 saturated heterocycles. The Hall–Kier alpha value is -4.04. The number of methoxy groups -OCH3 is 1. The van der Waals surface area contributed by atoms with Crippen LogP contribution in [-0.2, 0) is 6.42 Å². The van der Waals surface area contributed by atoms with Crippen molar-refractivity contribution < 1.29 is 17.0 Å². The molecule has 0 fully saturated rings. The summed E-state index contributed by atoms with van der Waals surface area (Å²) in [4.78, 5) is 14.0. The highest BCUT2D eigenvalue weighted by Crippen LogP contribution is 2.26. The van der Waals surface area contributed by atoms with Gasteiger partial charge in [0.05, 0.1) is 7.11 Å². The van der Waals surface area contributed by atoms with E-state index in [-0.39, 0.29) is 12.9 Å². The van der Waals surface area contributed by atoms with Crippen molar-refractivity contribution in [3.63, 3.8) is 0 Å². The molecule has 0 spiro atoms. The molecular weight excluding hydrogens is 304 g/mol. The highest BCUT2D eigenvalue weighted by Gasteiger charge is 2.00. The molecule has 1 N–H and O–H groups in total. The normalized spacial score (nSPS) is 6.29. The Morgan fingerprint density at radius 3 is 2.04 bits per heavy atom. The van der Waals surface area contributed by atoms with Gasteiger partial charge in [-0.1, -0.05) is 12.1 Å². The first-order valence-electron chi connectivity index (χ1n) is 6.24. The van der Waals surface area contributed by atoms with E-state index < -0.39 is 0 Å². The first-order valence-corrected chi connectivity index (χ1v) is 6.24. The zero-order valence-corrected chi connectivity index (χ0v) is 13.1. The van der Waals surface area contributed by atoms with E-state index >= 15 is 0 Å². The van der Waals surface area contributed by atoms with Gasteiger partial charge in [-0.05, 0) is 71.5 Å². The smallest absolute Gasteiger partial charge is 0.160 e. The topological polar surface area (TPSA) is 63.6 Å². The number of ether oxygens (including phenoxy) is 1. The van der Waals surface area contributed by atoms with Crippen LogP contribution in [0.2, 0.25) is 0 Å². The largest absolute Gasteiger partial charge is 0.504 e. The molecule has 0 heterocycles. The Bertz CT molecular complexity index is 771. The van der Waals surface area contributed by atoms with Gasteiger partial charge in [-0.25, -0.2) is 0 Å². The minimum Gasteiger partial charge on any atom is -0.504 e. The average Bonchev–Trinajstić information content (AvgIpc) is 2.62. The Kier molecular flexibility index (Phi) is 15.8.